The summed E-state index contributed by atoms with van der Waals surface area (Å²) in [5.74, 6) is 0. The van der Waals surface area contributed by atoms with Crippen LogP contribution in [0.3, 0.4) is 0 Å². The Morgan fingerprint density at radius 1 is 1.31 bits per heavy atom. The molecule has 0 saturated heterocycles. The molecule has 0 aliphatic heterocycles. The van der Waals surface area contributed by atoms with E-state index in [4.69, 9.17) is 0 Å². The largest absolute Gasteiger partial charge is 0.416 e. The molecule has 16 heavy (non-hydrogen) atoms. The zero-order valence-electron chi connectivity index (χ0n) is 8.93. The summed E-state index contributed by atoms with van der Waals surface area (Å²) in [6, 6.07) is 3.91. The average molecular weight is 246 g/mol. The maximum absolute atomic E-state index is 12.6. The molecule has 0 bridgehead atoms. The molecule has 2 aromatic rings. The van der Waals surface area contributed by atoms with Crippen LogP contribution in [0.25, 0.3) is 10.2 Å². The second kappa shape index (κ2) is 3.73. The molecule has 1 aromatic heterocycles. The summed E-state index contributed by atoms with van der Waals surface area (Å²) >= 11 is 1.52. The fourth-order valence-electron chi connectivity index (χ4n) is 1.77. The number of fused-ring (bicyclic) bond motifs is 1. The second-order valence-corrected chi connectivity index (χ2v) is 4.78. The van der Waals surface area contributed by atoms with Crippen molar-refractivity contribution in [2.75, 3.05) is 0 Å². The smallest absolute Gasteiger partial charge is 0.186 e. The van der Waals surface area contributed by atoms with E-state index >= 15 is 0 Å². The van der Waals surface area contributed by atoms with E-state index in [9.17, 15) is 13.2 Å². The van der Waals surface area contributed by atoms with Crippen molar-refractivity contribution >= 4 is 21.6 Å². The predicted octanol–water partition coefficient (Wildman–Crippen LogP) is 3.54. The van der Waals surface area contributed by atoms with Crippen molar-refractivity contribution in [3.8, 4) is 0 Å². The van der Waals surface area contributed by atoms with Gasteiger partial charge in [-0.25, -0.2) is 0 Å². The average Bonchev–Trinajstić information content (AvgIpc) is 2.50. The lowest BCUT2D eigenvalue weighted by Gasteiger charge is -2.04. The first-order valence-electron chi connectivity index (χ1n) is 4.93. The van der Waals surface area contributed by atoms with Gasteiger partial charge in [-0.15, -0.1) is 0 Å². The van der Waals surface area contributed by atoms with Gasteiger partial charge in [-0.1, -0.05) is 11.3 Å². The molecule has 1 heterocycles. The highest BCUT2D eigenvalue weighted by Crippen LogP contribution is 2.32. The molecule has 2 rings (SSSR count). The molecule has 86 valence electrons. The first kappa shape index (κ1) is 11.4. The number of alkyl halides is 3. The molecule has 1 aromatic carbocycles. The summed E-state index contributed by atoms with van der Waals surface area (Å²) < 4.78 is 40.5. The first-order chi connectivity index (χ1) is 7.43. The zero-order chi connectivity index (χ0) is 11.9. The van der Waals surface area contributed by atoms with Gasteiger partial charge >= 0.3 is 6.18 Å². The maximum atomic E-state index is 12.6. The number of nitrogens with zero attached hydrogens (tertiary/aromatic N) is 1. The number of aromatic nitrogens is 1. The predicted molar refractivity (Wildman–Crippen MR) is 57.4 cm³/mol. The van der Waals surface area contributed by atoms with Crippen LogP contribution in [-0.4, -0.2) is 0 Å². The van der Waals surface area contributed by atoms with Crippen molar-refractivity contribution in [1.29, 1.82) is 0 Å². The minimum Gasteiger partial charge on any atom is -0.186 e. The summed E-state index contributed by atoms with van der Waals surface area (Å²) in [6.45, 7) is 4.54. The number of aryl methyl sites for hydroxylation is 2. The fraction of sp³-hybridized carbons (Fsp3) is 0.364. The number of benzene rings is 1. The van der Waals surface area contributed by atoms with Gasteiger partial charge in [0.05, 0.1) is 5.56 Å². The number of thiazole rings is 1. The Labute approximate surface area is 95.1 Å². The highest BCUT2D eigenvalue weighted by Gasteiger charge is 2.32. The molecule has 1 nitrogen and oxygen atoms in total. The van der Waals surface area contributed by atoms with Crippen LogP contribution in [0.1, 0.15) is 17.5 Å². The Kier molecular flexibility index (Phi) is 2.66. The Hall–Kier alpha value is -1.10. The molecule has 0 atom stereocenters. The molecule has 0 unspecified atom stereocenters. The van der Waals surface area contributed by atoms with Crippen molar-refractivity contribution in [3.63, 3.8) is 0 Å². The molecule has 0 N–H and O–H groups in total. The summed E-state index contributed by atoms with van der Waals surface area (Å²) in [4.78, 5) is 0. The Morgan fingerprint density at radius 2 is 2.00 bits per heavy atom. The zero-order valence-corrected chi connectivity index (χ0v) is 9.75. The summed E-state index contributed by atoms with van der Waals surface area (Å²) in [7, 11) is 0. The van der Waals surface area contributed by atoms with Crippen molar-refractivity contribution in [1.82, 2.24) is 0 Å². The normalized spacial score (nSPS) is 12.3. The van der Waals surface area contributed by atoms with Crippen molar-refractivity contribution in [3.05, 3.63) is 28.8 Å². The Balaban J connectivity index is 2.69. The quantitative estimate of drug-likeness (QED) is 0.678. The van der Waals surface area contributed by atoms with Gasteiger partial charge in [-0.05, 0) is 19.1 Å². The van der Waals surface area contributed by atoms with E-state index in [1.54, 1.807) is 6.07 Å². The van der Waals surface area contributed by atoms with Gasteiger partial charge in [0, 0.05) is 13.0 Å². The van der Waals surface area contributed by atoms with Crippen LogP contribution < -0.4 is 4.57 Å². The van der Waals surface area contributed by atoms with Gasteiger partial charge in [-0.2, -0.15) is 17.7 Å². The summed E-state index contributed by atoms with van der Waals surface area (Å²) in [5.41, 5.74) is 0.0832. The van der Waals surface area contributed by atoms with Gasteiger partial charge < -0.3 is 0 Å². The molecule has 0 radical (unpaired) electrons. The molecule has 0 amide bonds. The molecule has 5 heteroatoms. The maximum Gasteiger partial charge on any atom is 0.416 e. The fourth-order valence-corrected chi connectivity index (χ4v) is 2.83. The molecule has 0 spiro atoms. The summed E-state index contributed by atoms with van der Waals surface area (Å²) in [5, 5.41) is 1.02. The van der Waals surface area contributed by atoms with Crippen LogP contribution in [0.15, 0.2) is 18.2 Å². The van der Waals surface area contributed by atoms with Crippen LogP contribution in [0, 0.1) is 6.92 Å². The molecular weight excluding hydrogens is 235 g/mol. The van der Waals surface area contributed by atoms with Gasteiger partial charge in [0.1, 0.15) is 11.2 Å². The minimum atomic E-state index is -4.27. The lowest BCUT2D eigenvalue weighted by molar-refractivity contribution is -0.669. The summed E-state index contributed by atoms with van der Waals surface area (Å²) in [6.07, 6.45) is -4.27. The monoisotopic (exact) mass is 246 g/mol. The van der Waals surface area contributed by atoms with Crippen molar-refractivity contribution < 1.29 is 17.7 Å². The number of rotatable bonds is 1. The van der Waals surface area contributed by atoms with Crippen LogP contribution in [0.2, 0.25) is 0 Å². The minimum absolute atomic E-state index is 0.583. The lowest BCUT2D eigenvalue weighted by atomic mass is 10.2. The number of hydrogen-bond acceptors (Lipinski definition) is 1. The molecular formula is C11H11F3NS+. The van der Waals surface area contributed by atoms with Gasteiger partial charge in [0.25, 0.3) is 0 Å². The third-order valence-electron chi connectivity index (χ3n) is 2.53. The van der Waals surface area contributed by atoms with E-state index in [-0.39, 0.29) is 0 Å². The SMILES string of the molecule is CC[n+]1c(C)sc2ccc(C(F)(F)F)cc21. The van der Waals surface area contributed by atoms with Crippen LogP contribution in [0.4, 0.5) is 13.2 Å². The van der Waals surface area contributed by atoms with Crippen LogP contribution in [-0.2, 0) is 12.7 Å². The van der Waals surface area contributed by atoms with E-state index in [1.165, 1.54) is 17.4 Å². The molecule has 0 aliphatic rings. The van der Waals surface area contributed by atoms with Crippen molar-refractivity contribution in [2.45, 2.75) is 26.6 Å². The van der Waals surface area contributed by atoms with Crippen molar-refractivity contribution in [2.24, 2.45) is 0 Å². The number of hydrogen-bond donors (Lipinski definition) is 0. The Bertz CT molecular complexity index is 528. The van der Waals surface area contributed by atoms with E-state index in [0.717, 1.165) is 15.8 Å². The van der Waals surface area contributed by atoms with Crippen LogP contribution in [0.5, 0.6) is 0 Å². The molecule has 0 fully saturated rings. The lowest BCUT2D eigenvalue weighted by Crippen LogP contribution is -2.33. The second-order valence-electron chi connectivity index (χ2n) is 3.55. The first-order valence-corrected chi connectivity index (χ1v) is 5.75. The molecule has 0 aliphatic carbocycles. The van der Waals surface area contributed by atoms with E-state index in [2.05, 4.69) is 0 Å². The Morgan fingerprint density at radius 3 is 2.56 bits per heavy atom. The van der Waals surface area contributed by atoms with Crippen LogP contribution >= 0.6 is 11.3 Å². The third-order valence-corrected chi connectivity index (χ3v) is 3.61. The highest BCUT2D eigenvalue weighted by molar-refractivity contribution is 7.18. The number of halogens is 3. The van der Waals surface area contributed by atoms with E-state index in [0.29, 0.717) is 12.1 Å². The van der Waals surface area contributed by atoms with E-state index in [1.807, 2.05) is 18.4 Å². The van der Waals surface area contributed by atoms with Gasteiger partial charge in [0.15, 0.2) is 0 Å². The van der Waals surface area contributed by atoms with E-state index < -0.39 is 11.7 Å². The third kappa shape index (κ3) is 1.80. The topological polar surface area (TPSA) is 3.88 Å². The standard InChI is InChI=1S/C11H11F3NS/c1-3-15-7(2)16-10-5-4-8(6-9(10)15)11(12,13)14/h4-6H,3H2,1-2H3/q+1. The molecule has 0 saturated carbocycles. The van der Waals surface area contributed by atoms with Gasteiger partial charge in [-0.3, -0.25) is 0 Å². The van der Waals surface area contributed by atoms with Gasteiger partial charge in [0.2, 0.25) is 10.5 Å². The highest BCUT2D eigenvalue weighted by atomic mass is 32.1.